The first-order valence-corrected chi connectivity index (χ1v) is 8.18. The lowest BCUT2D eigenvalue weighted by atomic mass is 10.0. The zero-order valence-electron chi connectivity index (χ0n) is 14.5. The van der Waals surface area contributed by atoms with E-state index in [0.29, 0.717) is 0 Å². The molecule has 2 N–H and O–H groups in total. The third-order valence-electron chi connectivity index (χ3n) is 4.24. The first-order chi connectivity index (χ1) is 13.2. The minimum Gasteiger partial charge on any atom is -0.506 e. The summed E-state index contributed by atoms with van der Waals surface area (Å²) < 4.78 is 54.1. The molecule has 0 saturated heterocycles. The topological polar surface area (TPSA) is 73.4 Å². The molecule has 0 fully saturated rings. The fourth-order valence-electron chi connectivity index (χ4n) is 2.99. The summed E-state index contributed by atoms with van der Waals surface area (Å²) in [5.41, 5.74) is -3.62. The smallest absolute Gasteiger partial charge is 0.417 e. The molecule has 0 unspecified atom stereocenters. The van der Waals surface area contributed by atoms with Crippen LogP contribution in [0.4, 0.5) is 23.2 Å². The number of aromatic nitrogens is 1. The number of amides is 1. The lowest BCUT2D eigenvalue weighted by Crippen LogP contribution is -2.35. The van der Waals surface area contributed by atoms with Crippen LogP contribution in [0.15, 0.2) is 47.3 Å². The number of pyridine rings is 1. The molecule has 0 aliphatic carbocycles. The van der Waals surface area contributed by atoms with E-state index in [1.807, 2.05) is 0 Å². The maximum Gasteiger partial charge on any atom is 0.417 e. The summed E-state index contributed by atoms with van der Waals surface area (Å²) in [6.45, 7) is 1.41. The lowest BCUT2D eigenvalue weighted by Gasteiger charge is -2.22. The standard InChI is InChI=1S/C19H14F4N2O3/c1-2-25(13-9-4-3-7-11(13)20)18(28)15-16(26)14-10(19(21,22)23)6-5-8-12(14)24-17(15)27/h3-9H,2H2,1H3,(H2,24,26,27). The van der Waals surface area contributed by atoms with Crippen molar-refractivity contribution < 1.29 is 27.5 Å². The molecule has 0 aliphatic rings. The molecule has 2 aromatic carbocycles. The Bertz CT molecular complexity index is 1120. The summed E-state index contributed by atoms with van der Waals surface area (Å²) >= 11 is 0. The molecule has 0 spiro atoms. The first-order valence-electron chi connectivity index (χ1n) is 8.18. The molecule has 0 aliphatic heterocycles. The second-order valence-electron chi connectivity index (χ2n) is 5.90. The Kier molecular flexibility index (Phi) is 4.84. The molecule has 146 valence electrons. The second kappa shape index (κ2) is 6.99. The van der Waals surface area contributed by atoms with Crippen molar-refractivity contribution in [1.29, 1.82) is 0 Å². The number of anilines is 1. The molecule has 1 heterocycles. The number of nitrogens with zero attached hydrogens (tertiary/aromatic N) is 1. The van der Waals surface area contributed by atoms with E-state index >= 15 is 0 Å². The highest BCUT2D eigenvalue weighted by Gasteiger charge is 2.35. The van der Waals surface area contributed by atoms with Crippen LogP contribution < -0.4 is 10.5 Å². The Morgan fingerprint density at radius 3 is 2.43 bits per heavy atom. The number of carbonyl (C=O) groups is 1. The molecule has 5 nitrogen and oxygen atoms in total. The number of H-pyrrole nitrogens is 1. The minimum atomic E-state index is -4.83. The number of alkyl halides is 3. The zero-order chi connectivity index (χ0) is 20.6. The van der Waals surface area contributed by atoms with E-state index < -0.39 is 45.7 Å². The summed E-state index contributed by atoms with van der Waals surface area (Å²) in [7, 11) is 0. The van der Waals surface area contributed by atoms with Gasteiger partial charge in [-0.15, -0.1) is 0 Å². The lowest BCUT2D eigenvalue weighted by molar-refractivity contribution is -0.136. The summed E-state index contributed by atoms with van der Waals surface area (Å²) in [5.74, 6) is -2.98. The van der Waals surface area contributed by atoms with Crippen LogP contribution in [0.2, 0.25) is 0 Å². The third kappa shape index (κ3) is 3.19. The van der Waals surface area contributed by atoms with Gasteiger partial charge in [0.2, 0.25) is 0 Å². The Morgan fingerprint density at radius 1 is 1.14 bits per heavy atom. The number of aromatic hydroxyl groups is 1. The predicted molar refractivity (Wildman–Crippen MR) is 95.0 cm³/mol. The van der Waals surface area contributed by atoms with Gasteiger partial charge in [0.15, 0.2) is 0 Å². The largest absolute Gasteiger partial charge is 0.506 e. The molecule has 28 heavy (non-hydrogen) atoms. The van der Waals surface area contributed by atoms with Crippen molar-refractivity contribution in [2.24, 2.45) is 0 Å². The van der Waals surface area contributed by atoms with Crippen molar-refractivity contribution in [1.82, 2.24) is 4.98 Å². The predicted octanol–water partition coefficient (Wildman–Crippen LogP) is 4.06. The van der Waals surface area contributed by atoms with Gasteiger partial charge in [-0.25, -0.2) is 4.39 Å². The minimum absolute atomic E-state index is 0.0857. The van der Waals surface area contributed by atoms with Crippen LogP contribution in [-0.2, 0) is 6.18 Å². The molecule has 0 atom stereocenters. The maximum atomic E-state index is 14.1. The van der Waals surface area contributed by atoms with Gasteiger partial charge in [0.1, 0.15) is 17.1 Å². The van der Waals surface area contributed by atoms with Crippen LogP contribution in [0.25, 0.3) is 10.9 Å². The number of benzene rings is 2. The fourth-order valence-corrected chi connectivity index (χ4v) is 2.99. The van der Waals surface area contributed by atoms with Crippen molar-refractivity contribution in [2.45, 2.75) is 13.1 Å². The van der Waals surface area contributed by atoms with E-state index in [0.717, 1.165) is 23.1 Å². The average molecular weight is 394 g/mol. The van der Waals surface area contributed by atoms with E-state index in [2.05, 4.69) is 4.98 Å². The van der Waals surface area contributed by atoms with Gasteiger partial charge in [-0.3, -0.25) is 9.59 Å². The van der Waals surface area contributed by atoms with Crippen LogP contribution in [-0.4, -0.2) is 22.5 Å². The molecule has 1 amide bonds. The maximum absolute atomic E-state index is 14.1. The highest BCUT2D eigenvalue weighted by atomic mass is 19.4. The molecule has 0 radical (unpaired) electrons. The molecule has 3 rings (SSSR count). The quantitative estimate of drug-likeness (QED) is 0.658. The molecule has 9 heteroatoms. The van der Waals surface area contributed by atoms with Crippen LogP contribution in [0.5, 0.6) is 5.75 Å². The van der Waals surface area contributed by atoms with Crippen LogP contribution in [0.3, 0.4) is 0 Å². The number of fused-ring (bicyclic) bond motifs is 1. The Morgan fingerprint density at radius 2 is 1.82 bits per heavy atom. The molecule has 0 saturated carbocycles. The Balaban J connectivity index is 2.27. The number of carbonyl (C=O) groups excluding carboxylic acids is 1. The summed E-state index contributed by atoms with van der Waals surface area (Å²) in [6.07, 6.45) is -4.83. The second-order valence-corrected chi connectivity index (χ2v) is 5.90. The van der Waals surface area contributed by atoms with Gasteiger partial charge in [0.05, 0.1) is 22.2 Å². The molecular weight excluding hydrogens is 380 g/mol. The number of halogens is 4. The SMILES string of the molecule is CCN(C(=O)c1c(O)c2c(C(F)(F)F)cccc2[nH]c1=O)c1ccccc1F. The van der Waals surface area contributed by atoms with Crippen molar-refractivity contribution in [2.75, 3.05) is 11.4 Å². The van der Waals surface area contributed by atoms with Crippen molar-refractivity contribution in [3.8, 4) is 5.75 Å². The van der Waals surface area contributed by atoms with E-state index in [1.54, 1.807) is 0 Å². The molecule has 1 aromatic heterocycles. The number of hydrogen-bond acceptors (Lipinski definition) is 3. The highest BCUT2D eigenvalue weighted by molar-refractivity contribution is 6.10. The van der Waals surface area contributed by atoms with Gasteiger partial charge in [0.25, 0.3) is 11.5 Å². The summed E-state index contributed by atoms with van der Waals surface area (Å²) in [4.78, 5) is 28.3. The first kappa shape index (κ1) is 19.4. The van der Waals surface area contributed by atoms with Crippen molar-refractivity contribution in [3.63, 3.8) is 0 Å². The highest BCUT2D eigenvalue weighted by Crippen LogP contribution is 2.39. The van der Waals surface area contributed by atoms with E-state index in [1.165, 1.54) is 31.2 Å². The fraction of sp³-hybridized carbons (Fsp3) is 0.158. The Labute approximate surface area is 155 Å². The summed E-state index contributed by atoms with van der Waals surface area (Å²) in [5, 5.41) is 9.74. The molecule has 3 aromatic rings. The zero-order valence-corrected chi connectivity index (χ0v) is 14.5. The number of aromatic amines is 1. The number of nitrogens with one attached hydrogen (secondary N) is 1. The van der Waals surface area contributed by atoms with Crippen molar-refractivity contribution in [3.05, 3.63) is 69.8 Å². The van der Waals surface area contributed by atoms with Crippen molar-refractivity contribution >= 4 is 22.5 Å². The molecule has 0 bridgehead atoms. The van der Waals surface area contributed by atoms with Gasteiger partial charge in [-0.2, -0.15) is 13.2 Å². The van der Waals surface area contributed by atoms with E-state index in [4.69, 9.17) is 0 Å². The third-order valence-corrected chi connectivity index (χ3v) is 4.24. The monoisotopic (exact) mass is 394 g/mol. The van der Waals surface area contributed by atoms with Gasteiger partial charge >= 0.3 is 6.18 Å². The van der Waals surface area contributed by atoms with Crippen LogP contribution in [0.1, 0.15) is 22.8 Å². The van der Waals surface area contributed by atoms with Crippen LogP contribution in [0, 0.1) is 5.82 Å². The van der Waals surface area contributed by atoms with Gasteiger partial charge in [-0.1, -0.05) is 18.2 Å². The van der Waals surface area contributed by atoms with Gasteiger partial charge < -0.3 is 15.0 Å². The number of para-hydroxylation sites is 1. The van der Waals surface area contributed by atoms with Crippen LogP contribution >= 0.6 is 0 Å². The Hall–Kier alpha value is -3.36. The average Bonchev–Trinajstić information content (AvgIpc) is 2.62. The van der Waals surface area contributed by atoms with Gasteiger partial charge in [0, 0.05) is 6.54 Å². The van der Waals surface area contributed by atoms with E-state index in [9.17, 15) is 32.3 Å². The normalized spacial score (nSPS) is 11.6. The number of rotatable bonds is 3. The molecular formula is C19H14F4N2O3. The summed E-state index contributed by atoms with van der Waals surface area (Å²) in [6, 6.07) is 8.20. The van der Waals surface area contributed by atoms with E-state index in [-0.39, 0.29) is 17.7 Å². The van der Waals surface area contributed by atoms with Gasteiger partial charge in [-0.05, 0) is 31.2 Å². The number of hydrogen-bond donors (Lipinski definition) is 2.